The maximum absolute atomic E-state index is 5.67. The van der Waals surface area contributed by atoms with Gasteiger partial charge >= 0.3 is 0 Å². The highest BCUT2D eigenvalue weighted by Crippen LogP contribution is 2.19. The van der Waals surface area contributed by atoms with E-state index in [4.69, 9.17) is 4.74 Å². The largest absolute Gasteiger partial charge is 0.492 e. The first-order valence-electron chi connectivity index (χ1n) is 6.32. The SMILES string of the molecule is CNc1ncc(Br)c(NCCOc2cccc(C)c2)n1. The van der Waals surface area contributed by atoms with Crippen LogP contribution in [-0.4, -0.2) is 30.2 Å². The van der Waals surface area contributed by atoms with Gasteiger partial charge in [-0.05, 0) is 40.5 Å². The molecule has 1 aromatic heterocycles. The quantitative estimate of drug-likeness (QED) is 0.794. The van der Waals surface area contributed by atoms with E-state index in [9.17, 15) is 0 Å². The highest BCUT2D eigenvalue weighted by molar-refractivity contribution is 9.10. The number of rotatable bonds is 6. The zero-order valence-corrected chi connectivity index (χ0v) is 13.1. The van der Waals surface area contributed by atoms with Crippen molar-refractivity contribution in [2.75, 3.05) is 30.8 Å². The third-order valence-corrected chi connectivity index (χ3v) is 3.20. The molecule has 2 rings (SSSR count). The molecule has 0 spiro atoms. The van der Waals surface area contributed by atoms with Crippen molar-refractivity contribution in [1.82, 2.24) is 9.97 Å². The van der Waals surface area contributed by atoms with Crippen molar-refractivity contribution in [2.45, 2.75) is 6.92 Å². The molecule has 0 unspecified atom stereocenters. The maximum atomic E-state index is 5.67. The second kappa shape index (κ2) is 7.09. The summed E-state index contributed by atoms with van der Waals surface area (Å²) in [7, 11) is 1.79. The normalized spacial score (nSPS) is 10.2. The molecule has 0 aliphatic carbocycles. The number of ether oxygens (including phenoxy) is 1. The van der Waals surface area contributed by atoms with Gasteiger partial charge in [-0.3, -0.25) is 0 Å². The van der Waals surface area contributed by atoms with Crippen molar-refractivity contribution in [1.29, 1.82) is 0 Å². The molecule has 0 amide bonds. The summed E-state index contributed by atoms with van der Waals surface area (Å²) in [6, 6.07) is 7.99. The number of aromatic nitrogens is 2. The number of aryl methyl sites for hydroxylation is 1. The van der Waals surface area contributed by atoms with Crippen LogP contribution >= 0.6 is 15.9 Å². The van der Waals surface area contributed by atoms with Crippen LogP contribution in [0.5, 0.6) is 5.75 Å². The van der Waals surface area contributed by atoms with E-state index in [0.717, 1.165) is 16.0 Å². The van der Waals surface area contributed by atoms with E-state index in [1.165, 1.54) is 5.56 Å². The van der Waals surface area contributed by atoms with Gasteiger partial charge < -0.3 is 15.4 Å². The van der Waals surface area contributed by atoms with Crippen molar-refractivity contribution >= 4 is 27.7 Å². The minimum absolute atomic E-state index is 0.564. The Labute approximate surface area is 126 Å². The fourth-order valence-corrected chi connectivity index (χ4v) is 1.99. The number of hydrogen-bond acceptors (Lipinski definition) is 5. The Bertz CT molecular complexity index is 577. The van der Waals surface area contributed by atoms with E-state index >= 15 is 0 Å². The Morgan fingerprint density at radius 1 is 1.35 bits per heavy atom. The molecule has 5 nitrogen and oxygen atoms in total. The molecule has 6 heteroatoms. The third kappa shape index (κ3) is 4.09. The van der Waals surface area contributed by atoms with E-state index < -0.39 is 0 Å². The van der Waals surface area contributed by atoms with Gasteiger partial charge in [0.25, 0.3) is 0 Å². The molecule has 0 aliphatic rings. The van der Waals surface area contributed by atoms with Crippen molar-refractivity contribution in [2.24, 2.45) is 0 Å². The van der Waals surface area contributed by atoms with Crippen molar-refractivity contribution in [3.63, 3.8) is 0 Å². The van der Waals surface area contributed by atoms with Crippen LogP contribution in [0, 0.1) is 6.92 Å². The Balaban J connectivity index is 1.84. The fourth-order valence-electron chi connectivity index (χ4n) is 1.65. The summed E-state index contributed by atoms with van der Waals surface area (Å²) in [6.45, 7) is 3.27. The third-order valence-electron chi connectivity index (χ3n) is 2.62. The van der Waals surface area contributed by atoms with E-state index in [1.807, 2.05) is 31.2 Å². The van der Waals surface area contributed by atoms with Crippen LogP contribution in [0.15, 0.2) is 34.9 Å². The number of hydrogen-bond donors (Lipinski definition) is 2. The van der Waals surface area contributed by atoms with Crippen LogP contribution in [0.2, 0.25) is 0 Å². The predicted octanol–water partition coefficient (Wildman–Crippen LogP) is 3.08. The molecular formula is C14H17BrN4O. The summed E-state index contributed by atoms with van der Waals surface area (Å²) >= 11 is 3.41. The van der Waals surface area contributed by atoms with Crippen LogP contribution in [0.1, 0.15) is 5.56 Å². The molecule has 2 N–H and O–H groups in total. The summed E-state index contributed by atoms with van der Waals surface area (Å²) in [4.78, 5) is 8.42. The van der Waals surface area contributed by atoms with Crippen LogP contribution < -0.4 is 15.4 Å². The number of anilines is 2. The molecule has 0 atom stereocenters. The second-order valence-electron chi connectivity index (χ2n) is 4.23. The Kier molecular flexibility index (Phi) is 5.17. The lowest BCUT2D eigenvalue weighted by atomic mass is 10.2. The highest BCUT2D eigenvalue weighted by atomic mass is 79.9. The summed E-state index contributed by atoms with van der Waals surface area (Å²) in [5, 5.41) is 6.11. The molecule has 106 valence electrons. The zero-order chi connectivity index (χ0) is 14.4. The van der Waals surface area contributed by atoms with E-state index in [2.05, 4.69) is 36.5 Å². The fraction of sp³-hybridized carbons (Fsp3) is 0.286. The maximum Gasteiger partial charge on any atom is 0.224 e. The van der Waals surface area contributed by atoms with Gasteiger partial charge in [-0.15, -0.1) is 0 Å². The molecular weight excluding hydrogens is 320 g/mol. The smallest absolute Gasteiger partial charge is 0.224 e. The second-order valence-corrected chi connectivity index (χ2v) is 5.09. The van der Waals surface area contributed by atoms with Crippen LogP contribution in [0.25, 0.3) is 0 Å². The summed E-state index contributed by atoms with van der Waals surface area (Å²) in [6.07, 6.45) is 1.71. The first-order chi connectivity index (χ1) is 9.69. The number of nitrogens with one attached hydrogen (secondary N) is 2. The Morgan fingerprint density at radius 2 is 2.20 bits per heavy atom. The first-order valence-corrected chi connectivity index (χ1v) is 7.12. The Hall–Kier alpha value is -1.82. The van der Waals surface area contributed by atoms with Crippen molar-refractivity contribution < 1.29 is 4.74 Å². The lowest BCUT2D eigenvalue weighted by Crippen LogP contribution is -2.13. The van der Waals surface area contributed by atoms with E-state index in [-0.39, 0.29) is 0 Å². The van der Waals surface area contributed by atoms with Crippen molar-refractivity contribution in [3.8, 4) is 5.75 Å². The number of benzene rings is 1. The number of halogens is 1. The van der Waals surface area contributed by atoms with Crippen LogP contribution in [0.4, 0.5) is 11.8 Å². The average Bonchev–Trinajstić information content (AvgIpc) is 2.45. The monoisotopic (exact) mass is 336 g/mol. The molecule has 2 aromatic rings. The minimum Gasteiger partial charge on any atom is -0.492 e. The molecule has 0 saturated carbocycles. The molecule has 0 aliphatic heterocycles. The van der Waals surface area contributed by atoms with Gasteiger partial charge in [0.1, 0.15) is 18.2 Å². The predicted molar refractivity (Wildman–Crippen MR) is 84.4 cm³/mol. The van der Waals surface area contributed by atoms with Gasteiger partial charge in [-0.25, -0.2) is 4.98 Å². The number of nitrogens with zero attached hydrogens (tertiary/aromatic N) is 2. The van der Waals surface area contributed by atoms with Gasteiger partial charge in [0, 0.05) is 13.2 Å². The molecule has 0 fully saturated rings. The topological polar surface area (TPSA) is 59.1 Å². The molecule has 0 saturated heterocycles. The molecule has 20 heavy (non-hydrogen) atoms. The van der Waals surface area contributed by atoms with Gasteiger partial charge in [0.2, 0.25) is 5.95 Å². The van der Waals surface area contributed by atoms with E-state index in [1.54, 1.807) is 13.2 Å². The highest BCUT2D eigenvalue weighted by Gasteiger charge is 2.03. The van der Waals surface area contributed by atoms with E-state index in [0.29, 0.717) is 19.1 Å². The molecule has 1 aromatic carbocycles. The summed E-state index contributed by atoms with van der Waals surface area (Å²) in [5.41, 5.74) is 1.19. The standard InChI is InChI=1S/C14H17BrN4O/c1-10-4-3-5-11(8-10)20-7-6-17-13-12(15)9-18-14(16-2)19-13/h3-5,8-9H,6-7H2,1-2H3,(H2,16,17,18,19). The van der Waals surface area contributed by atoms with Gasteiger partial charge in [-0.2, -0.15) is 4.98 Å². The Morgan fingerprint density at radius 3 is 2.95 bits per heavy atom. The molecule has 0 radical (unpaired) electrons. The summed E-state index contributed by atoms with van der Waals surface area (Å²) in [5.74, 6) is 2.21. The van der Waals surface area contributed by atoms with Crippen LogP contribution in [-0.2, 0) is 0 Å². The van der Waals surface area contributed by atoms with Gasteiger partial charge in [0.15, 0.2) is 0 Å². The van der Waals surface area contributed by atoms with Crippen molar-refractivity contribution in [3.05, 3.63) is 40.5 Å². The summed E-state index contributed by atoms with van der Waals surface area (Å²) < 4.78 is 6.49. The van der Waals surface area contributed by atoms with Crippen LogP contribution in [0.3, 0.4) is 0 Å². The molecule has 0 bridgehead atoms. The first kappa shape index (κ1) is 14.6. The van der Waals surface area contributed by atoms with Gasteiger partial charge in [0.05, 0.1) is 11.0 Å². The lowest BCUT2D eigenvalue weighted by molar-refractivity contribution is 0.332. The van der Waals surface area contributed by atoms with Gasteiger partial charge in [-0.1, -0.05) is 12.1 Å². The minimum atomic E-state index is 0.564. The zero-order valence-electron chi connectivity index (χ0n) is 11.5. The average molecular weight is 337 g/mol. The lowest BCUT2D eigenvalue weighted by Gasteiger charge is -2.10. The molecule has 1 heterocycles.